The molecule has 1 heterocycles. The molecule has 1 fully saturated rings. The fraction of sp³-hybridized carbons (Fsp3) is 0.292. The number of hydrogen-bond donors (Lipinski definition) is 1. The average molecular weight is 471 g/mol. The number of hydrogen-bond acceptors (Lipinski definition) is 6. The van der Waals surface area contributed by atoms with Gasteiger partial charge in [-0.05, 0) is 35.8 Å². The topological polar surface area (TPSA) is 70.1 Å². The van der Waals surface area contributed by atoms with Gasteiger partial charge in [-0.25, -0.2) is 0 Å². The second kappa shape index (κ2) is 11.8. The van der Waals surface area contributed by atoms with Crippen LogP contribution in [-0.4, -0.2) is 57.8 Å². The van der Waals surface area contributed by atoms with Gasteiger partial charge in [0.1, 0.15) is 10.1 Å². The molecule has 2 aromatic rings. The predicted octanol–water partition coefficient (Wildman–Crippen LogP) is 3.70. The van der Waals surface area contributed by atoms with Crippen LogP contribution in [0.2, 0.25) is 0 Å². The molecule has 0 saturated carbocycles. The maximum atomic E-state index is 12.8. The summed E-state index contributed by atoms with van der Waals surface area (Å²) in [7, 11) is 1.60. The van der Waals surface area contributed by atoms with E-state index < -0.39 is 0 Å². The van der Waals surface area contributed by atoms with Crippen LogP contribution in [-0.2, 0) is 16.1 Å². The monoisotopic (exact) mass is 470 g/mol. The van der Waals surface area contributed by atoms with E-state index in [1.165, 1.54) is 11.8 Å². The minimum atomic E-state index is -0.147. The number of methoxy groups -OCH3 is 1. The molecule has 8 heteroatoms. The summed E-state index contributed by atoms with van der Waals surface area (Å²) in [6.45, 7) is 1.01. The Balaban J connectivity index is 1.56. The number of nitrogens with zero attached hydrogens (tertiary/aromatic N) is 2. The molecular formula is C24H26N2O4S2. The molecule has 0 spiro atoms. The van der Waals surface area contributed by atoms with Crippen molar-refractivity contribution >= 4 is 46.2 Å². The first-order chi connectivity index (χ1) is 15.5. The van der Waals surface area contributed by atoms with Crippen molar-refractivity contribution in [2.45, 2.75) is 19.4 Å². The zero-order chi connectivity index (χ0) is 22.9. The molecule has 0 aliphatic carbocycles. The maximum absolute atomic E-state index is 12.8. The number of benzene rings is 2. The van der Waals surface area contributed by atoms with Crippen molar-refractivity contribution in [3.05, 3.63) is 70.6 Å². The largest absolute Gasteiger partial charge is 0.497 e. The van der Waals surface area contributed by atoms with Gasteiger partial charge in [0.2, 0.25) is 5.91 Å². The van der Waals surface area contributed by atoms with Gasteiger partial charge < -0.3 is 14.7 Å². The van der Waals surface area contributed by atoms with Gasteiger partial charge >= 0.3 is 0 Å². The lowest BCUT2D eigenvalue weighted by atomic mass is 10.2. The molecule has 0 bridgehead atoms. The summed E-state index contributed by atoms with van der Waals surface area (Å²) in [5, 5.41) is 9.33. The molecule has 0 aromatic heterocycles. The highest BCUT2D eigenvalue weighted by molar-refractivity contribution is 8.26. The number of rotatable bonds is 10. The van der Waals surface area contributed by atoms with E-state index in [2.05, 4.69) is 0 Å². The summed E-state index contributed by atoms with van der Waals surface area (Å²) in [5.41, 5.74) is 1.87. The third-order valence-electron chi connectivity index (χ3n) is 4.98. The number of thiocarbonyl (C=S) groups is 1. The third kappa shape index (κ3) is 6.41. The highest BCUT2D eigenvalue weighted by Gasteiger charge is 2.31. The van der Waals surface area contributed by atoms with E-state index in [4.69, 9.17) is 17.0 Å². The first kappa shape index (κ1) is 24.0. The highest BCUT2D eigenvalue weighted by atomic mass is 32.2. The number of amides is 2. The normalized spacial score (nSPS) is 14.8. The Hall–Kier alpha value is -2.68. The number of thioether (sulfide) groups is 1. The molecule has 6 nitrogen and oxygen atoms in total. The molecule has 1 saturated heterocycles. The molecule has 2 aromatic carbocycles. The van der Waals surface area contributed by atoms with E-state index in [0.29, 0.717) is 28.7 Å². The van der Waals surface area contributed by atoms with E-state index in [1.54, 1.807) is 23.0 Å². The molecule has 2 amide bonds. The summed E-state index contributed by atoms with van der Waals surface area (Å²) >= 11 is 6.66. The Morgan fingerprint density at radius 2 is 2.00 bits per heavy atom. The zero-order valence-corrected chi connectivity index (χ0v) is 19.5. The van der Waals surface area contributed by atoms with Crippen LogP contribution in [0.1, 0.15) is 24.0 Å². The summed E-state index contributed by atoms with van der Waals surface area (Å²) in [5.74, 6) is 0.516. The fourth-order valence-corrected chi connectivity index (χ4v) is 4.65. The standard InChI is InChI=1S/C24H26N2O4S2/c1-30-20-10-5-9-19(15-20)16-21-23(29)26(24(31)32-21)12-6-11-22(28)25(13-14-27)17-18-7-3-2-4-8-18/h2-5,7-10,15-16,27H,6,11-14,17H2,1H3/b21-16-. The van der Waals surface area contributed by atoms with Crippen LogP contribution in [0.4, 0.5) is 0 Å². The first-order valence-electron chi connectivity index (χ1n) is 10.3. The van der Waals surface area contributed by atoms with Gasteiger partial charge in [-0.15, -0.1) is 0 Å². The third-order valence-corrected chi connectivity index (χ3v) is 6.35. The van der Waals surface area contributed by atoms with Crippen molar-refractivity contribution in [2.24, 2.45) is 0 Å². The van der Waals surface area contributed by atoms with Gasteiger partial charge in [0, 0.05) is 26.1 Å². The van der Waals surface area contributed by atoms with Crippen LogP contribution in [0, 0.1) is 0 Å². The summed E-state index contributed by atoms with van der Waals surface area (Å²) < 4.78 is 5.72. The first-order valence-corrected chi connectivity index (χ1v) is 11.6. The minimum Gasteiger partial charge on any atom is -0.497 e. The Kier molecular flexibility index (Phi) is 8.84. The SMILES string of the molecule is COc1cccc(/C=C2\SC(=S)N(CCCC(=O)N(CCO)Cc3ccccc3)C2=O)c1. The maximum Gasteiger partial charge on any atom is 0.266 e. The quantitative estimate of drug-likeness (QED) is 0.422. The molecule has 1 aliphatic heterocycles. The predicted molar refractivity (Wildman–Crippen MR) is 131 cm³/mol. The molecular weight excluding hydrogens is 444 g/mol. The Labute approximate surface area is 197 Å². The minimum absolute atomic E-state index is 0.0553. The average Bonchev–Trinajstić information content (AvgIpc) is 3.06. The molecule has 168 valence electrons. The number of ether oxygens (including phenoxy) is 1. The van der Waals surface area contributed by atoms with Gasteiger partial charge in [0.15, 0.2) is 0 Å². The van der Waals surface area contributed by atoms with Crippen molar-refractivity contribution in [3.63, 3.8) is 0 Å². The lowest BCUT2D eigenvalue weighted by Crippen LogP contribution is -2.34. The van der Waals surface area contributed by atoms with Crippen LogP contribution in [0.3, 0.4) is 0 Å². The lowest BCUT2D eigenvalue weighted by molar-refractivity contribution is -0.132. The van der Waals surface area contributed by atoms with Crippen LogP contribution < -0.4 is 4.74 Å². The number of carbonyl (C=O) groups is 2. The van der Waals surface area contributed by atoms with Crippen molar-refractivity contribution in [1.82, 2.24) is 9.80 Å². The number of aliphatic hydroxyl groups excluding tert-OH is 1. The van der Waals surface area contributed by atoms with Gasteiger partial charge in [-0.3, -0.25) is 14.5 Å². The molecule has 32 heavy (non-hydrogen) atoms. The fourth-order valence-electron chi connectivity index (χ4n) is 3.34. The highest BCUT2D eigenvalue weighted by Crippen LogP contribution is 2.33. The number of aliphatic hydroxyl groups is 1. The number of carbonyl (C=O) groups excluding carboxylic acids is 2. The Morgan fingerprint density at radius 3 is 2.72 bits per heavy atom. The van der Waals surface area contributed by atoms with E-state index in [0.717, 1.165) is 16.9 Å². The van der Waals surface area contributed by atoms with E-state index >= 15 is 0 Å². The van der Waals surface area contributed by atoms with Crippen LogP contribution in [0.25, 0.3) is 6.08 Å². The van der Waals surface area contributed by atoms with Crippen LogP contribution in [0.5, 0.6) is 5.75 Å². The van der Waals surface area contributed by atoms with Crippen LogP contribution >= 0.6 is 24.0 Å². The smallest absolute Gasteiger partial charge is 0.266 e. The van der Waals surface area contributed by atoms with E-state index in [9.17, 15) is 14.7 Å². The van der Waals surface area contributed by atoms with Gasteiger partial charge in [0.05, 0.1) is 18.6 Å². The van der Waals surface area contributed by atoms with Crippen molar-refractivity contribution in [1.29, 1.82) is 0 Å². The molecule has 0 radical (unpaired) electrons. The van der Waals surface area contributed by atoms with Crippen molar-refractivity contribution in [3.8, 4) is 5.75 Å². The molecule has 0 atom stereocenters. The summed E-state index contributed by atoms with van der Waals surface area (Å²) in [6.07, 6.45) is 2.57. The van der Waals surface area contributed by atoms with Gasteiger partial charge in [-0.1, -0.05) is 66.4 Å². The van der Waals surface area contributed by atoms with Crippen molar-refractivity contribution < 1.29 is 19.4 Å². The lowest BCUT2D eigenvalue weighted by Gasteiger charge is -2.22. The molecule has 0 unspecified atom stereocenters. The summed E-state index contributed by atoms with van der Waals surface area (Å²) in [6, 6.07) is 17.1. The molecule has 3 rings (SSSR count). The van der Waals surface area contributed by atoms with Gasteiger partial charge in [0.25, 0.3) is 5.91 Å². The van der Waals surface area contributed by atoms with Gasteiger partial charge in [-0.2, -0.15) is 0 Å². The van der Waals surface area contributed by atoms with E-state index in [-0.39, 0.29) is 31.4 Å². The molecule has 1 aliphatic rings. The van der Waals surface area contributed by atoms with Crippen LogP contribution in [0.15, 0.2) is 59.5 Å². The Morgan fingerprint density at radius 1 is 1.22 bits per heavy atom. The second-order valence-corrected chi connectivity index (χ2v) is 8.91. The van der Waals surface area contributed by atoms with E-state index in [1.807, 2.05) is 54.6 Å². The second-order valence-electron chi connectivity index (χ2n) is 7.24. The molecule has 1 N–H and O–H groups in total. The van der Waals surface area contributed by atoms with Crippen molar-refractivity contribution in [2.75, 3.05) is 26.8 Å². The zero-order valence-electron chi connectivity index (χ0n) is 17.9. The summed E-state index contributed by atoms with van der Waals surface area (Å²) in [4.78, 5) is 29.3. The Bertz CT molecular complexity index is 995.